The third-order valence-corrected chi connectivity index (χ3v) is 8.28. The lowest BCUT2D eigenvalue weighted by Gasteiger charge is -2.41. The van der Waals surface area contributed by atoms with Crippen LogP contribution >= 0.6 is 15.9 Å². The van der Waals surface area contributed by atoms with Crippen molar-refractivity contribution in [3.63, 3.8) is 0 Å². The average Bonchev–Trinajstić information content (AvgIpc) is 2.79. The summed E-state index contributed by atoms with van der Waals surface area (Å²) in [5.74, 6) is -2.05. The van der Waals surface area contributed by atoms with E-state index in [1.165, 1.54) is 36.1 Å². The number of esters is 1. The molecule has 0 N–H and O–H groups in total. The van der Waals surface area contributed by atoms with Gasteiger partial charge in [0.05, 0.1) is 4.92 Å². The second-order valence-electron chi connectivity index (χ2n) is 9.54. The first-order valence-corrected chi connectivity index (χ1v) is 13.6. The summed E-state index contributed by atoms with van der Waals surface area (Å²) in [5, 5.41) is 11.4. The molecule has 0 spiro atoms. The van der Waals surface area contributed by atoms with Gasteiger partial charge in [-0.15, -0.1) is 0 Å². The number of rotatable bonds is 7. The molecule has 3 rings (SSSR count). The zero-order chi connectivity index (χ0) is 27.7. The number of carbonyl (C=O) groups excluding carboxylic acids is 2. The van der Waals surface area contributed by atoms with E-state index in [9.17, 15) is 32.5 Å². The topological polar surface area (TPSA) is 127 Å². The lowest BCUT2D eigenvalue weighted by Crippen LogP contribution is -2.62. The van der Waals surface area contributed by atoms with Gasteiger partial charge in [0.15, 0.2) is 4.90 Å². The van der Waals surface area contributed by atoms with Gasteiger partial charge < -0.3 is 9.64 Å². The molecular weight excluding hydrogens is 573 g/mol. The van der Waals surface area contributed by atoms with Crippen molar-refractivity contribution in [2.75, 3.05) is 13.1 Å². The summed E-state index contributed by atoms with van der Waals surface area (Å²) >= 11 is 3.18. The maximum absolute atomic E-state index is 14.6. The highest BCUT2D eigenvalue weighted by molar-refractivity contribution is 9.10. The van der Waals surface area contributed by atoms with Gasteiger partial charge in [0.2, 0.25) is 5.91 Å². The van der Waals surface area contributed by atoms with Gasteiger partial charge in [-0.2, -0.15) is 4.31 Å². The van der Waals surface area contributed by atoms with E-state index < -0.39 is 60.9 Å². The normalized spacial score (nSPS) is 17.9. The van der Waals surface area contributed by atoms with E-state index in [0.717, 1.165) is 16.4 Å². The summed E-state index contributed by atoms with van der Waals surface area (Å²) in [6.07, 6.45) is -0.191. The minimum absolute atomic E-state index is 0.175. The molecule has 10 nitrogen and oxygen atoms in total. The number of hydrogen-bond donors (Lipinski definition) is 0. The molecule has 0 saturated carbocycles. The molecule has 200 valence electrons. The van der Waals surface area contributed by atoms with Crippen molar-refractivity contribution in [2.45, 2.75) is 56.7 Å². The first kappa shape index (κ1) is 28.7. The predicted molar refractivity (Wildman–Crippen MR) is 136 cm³/mol. The summed E-state index contributed by atoms with van der Waals surface area (Å²) in [7, 11) is -4.43. The highest BCUT2D eigenvalue weighted by Gasteiger charge is 2.45. The molecule has 1 fully saturated rings. The smallest absolute Gasteiger partial charge is 0.329 e. The van der Waals surface area contributed by atoms with E-state index in [-0.39, 0.29) is 25.1 Å². The number of sulfonamides is 1. The number of ether oxygens (including phenoxy) is 1. The van der Waals surface area contributed by atoms with Gasteiger partial charge in [-0.3, -0.25) is 14.9 Å². The van der Waals surface area contributed by atoms with Gasteiger partial charge in [0.1, 0.15) is 23.5 Å². The molecule has 1 saturated heterocycles. The standard InChI is InChI=1S/C24H27BrFN3O7S/c1-15-22(30)27(11-12-28(15)37(34,35)21-8-6-5-7-19(21)29(32)33)20(23(31)36-24(2,3)4)13-16-9-10-17(25)14-18(16)26/h5-10,14-15,20H,11-13H2,1-4H3/t15-,20-/m0/s1. The van der Waals surface area contributed by atoms with Gasteiger partial charge in [-0.25, -0.2) is 17.6 Å². The number of nitro benzene ring substituents is 1. The second kappa shape index (κ2) is 10.8. The fourth-order valence-corrected chi connectivity index (χ4v) is 6.12. The Bertz CT molecular complexity index is 1330. The van der Waals surface area contributed by atoms with Crippen LogP contribution in [-0.2, 0) is 30.8 Å². The van der Waals surface area contributed by atoms with Crippen molar-refractivity contribution < 1.29 is 32.1 Å². The first-order chi connectivity index (χ1) is 17.1. The zero-order valence-corrected chi connectivity index (χ0v) is 23.1. The summed E-state index contributed by atoms with van der Waals surface area (Å²) in [6.45, 7) is 5.87. The van der Waals surface area contributed by atoms with Gasteiger partial charge in [0, 0.05) is 30.0 Å². The molecule has 1 aliphatic heterocycles. The molecule has 1 aliphatic rings. The van der Waals surface area contributed by atoms with Crippen molar-refractivity contribution in [3.8, 4) is 0 Å². The maximum Gasteiger partial charge on any atom is 0.329 e. The SMILES string of the molecule is C[C@H]1C(=O)N([C@@H](Cc2ccc(Br)cc2F)C(=O)OC(C)(C)C)CCN1S(=O)(=O)c1ccccc1[N+](=O)[O-]. The van der Waals surface area contributed by atoms with Crippen LogP contribution in [0.5, 0.6) is 0 Å². The largest absolute Gasteiger partial charge is 0.458 e. The Kier molecular flexibility index (Phi) is 8.40. The number of carbonyl (C=O) groups is 2. The number of amides is 1. The molecule has 2 aromatic carbocycles. The Labute approximate surface area is 222 Å². The molecule has 1 amide bonds. The van der Waals surface area contributed by atoms with Crippen LogP contribution in [0.1, 0.15) is 33.3 Å². The number of nitro groups is 1. The average molecular weight is 600 g/mol. The maximum atomic E-state index is 14.6. The van der Waals surface area contributed by atoms with Crippen LogP contribution < -0.4 is 0 Å². The second-order valence-corrected chi connectivity index (χ2v) is 12.3. The minimum Gasteiger partial charge on any atom is -0.458 e. The summed E-state index contributed by atoms with van der Waals surface area (Å²) in [5.41, 5.74) is -1.32. The lowest BCUT2D eigenvalue weighted by molar-refractivity contribution is -0.387. The molecular formula is C24H27BrFN3O7S. The van der Waals surface area contributed by atoms with Crippen LogP contribution in [0.3, 0.4) is 0 Å². The fourth-order valence-electron chi connectivity index (χ4n) is 4.05. The minimum atomic E-state index is -4.43. The van der Waals surface area contributed by atoms with Crippen molar-refractivity contribution in [1.29, 1.82) is 0 Å². The fraction of sp³-hybridized carbons (Fsp3) is 0.417. The molecule has 0 unspecified atom stereocenters. The van der Waals surface area contributed by atoms with Gasteiger partial charge in [0.25, 0.3) is 15.7 Å². The van der Waals surface area contributed by atoms with Crippen molar-refractivity contribution in [3.05, 3.63) is 68.4 Å². The number of para-hydroxylation sites is 1. The molecule has 2 aromatic rings. The molecule has 0 aliphatic carbocycles. The van der Waals surface area contributed by atoms with Crippen molar-refractivity contribution in [1.82, 2.24) is 9.21 Å². The molecule has 2 atom stereocenters. The van der Waals surface area contributed by atoms with E-state index >= 15 is 0 Å². The molecule has 0 aromatic heterocycles. The molecule has 13 heteroatoms. The predicted octanol–water partition coefficient (Wildman–Crippen LogP) is 3.67. The van der Waals surface area contributed by atoms with E-state index in [4.69, 9.17) is 4.74 Å². The van der Waals surface area contributed by atoms with Crippen LogP contribution in [0.15, 0.2) is 51.8 Å². The zero-order valence-electron chi connectivity index (χ0n) is 20.7. The van der Waals surface area contributed by atoms with Gasteiger partial charge >= 0.3 is 5.97 Å². The van der Waals surface area contributed by atoms with Crippen LogP contribution in [0.2, 0.25) is 0 Å². The number of benzene rings is 2. The molecule has 37 heavy (non-hydrogen) atoms. The van der Waals surface area contributed by atoms with E-state index in [0.29, 0.717) is 4.47 Å². The molecule has 0 bridgehead atoms. The van der Waals surface area contributed by atoms with E-state index in [1.807, 2.05) is 0 Å². The Balaban J connectivity index is 1.95. The monoisotopic (exact) mass is 599 g/mol. The van der Waals surface area contributed by atoms with Crippen LogP contribution in [0.4, 0.5) is 10.1 Å². The number of hydrogen-bond acceptors (Lipinski definition) is 7. The van der Waals surface area contributed by atoms with Crippen molar-refractivity contribution in [2.24, 2.45) is 0 Å². The van der Waals surface area contributed by atoms with Crippen LogP contribution in [0.25, 0.3) is 0 Å². The number of piperazine rings is 1. The quantitative estimate of drug-likeness (QED) is 0.270. The Morgan fingerprint density at radius 2 is 1.89 bits per heavy atom. The highest BCUT2D eigenvalue weighted by atomic mass is 79.9. The Morgan fingerprint density at radius 3 is 2.49 bits per heavy atom. The highest BCUT2D eigenvalue weighted by Crippen LogP contribution is 2.30. The van der Waals surface area contributed by atoms with E-state index in [2.05, 4.69) is 15.9 Å². The van der Waals surface area contributed by atoms with Crippen molar-refractivity contribution >= 4 is 43.5 Å². The molecule has 0 radical (unpaired) electrons. The third-order valence-electron chi connectivity index (χ3n) is 5.77. The first-order valence-electron chi connectivity index (χ1n) is 11.4. The number of halogens is 2. The summed E-state index contributed by atoms with van der Waals surface area (Å²) in [6, 6.07) is 6.70. The third kappa shape index (κ3) is 6.33. The van der Waals surface area contributed by atoms with Gasteiger partial charge in [-0.05, 0) is 51.5 Å². The molecule has 1 heterocycles. The number of nitrogens with zero attached hydrogens (tertiary/aromatic N) is 3. The lowest BCUT2D eigenvalue weighted by atomic mass is 10.0. The Morgan fingerprint density at radius 1 is 1.24 bits per heavy atom. The van der Waals surface area contributed by atoms with Crippen LogP contribution in [-0.4, -0.2) is 65.2 Å². The van der Waals surface area contributed by atoms with E-state index in [1.54, 1.807) is 26.8 Å². The van der Waals surface area contributed by atoms with Crippen LogP contribution in [0, 0.1) is 15.9 Å². The van der Waals surface area contributed by atoms with Gasteiger partial charge in [-0.1, -0.05) is 34.1 Å². The Hall–Kier alpha value is -2.90. The summed E-state index contributed by atoms with van der Waals surface area (Å²) in [4.78, 5) is 37.9. The summed E-state index contributed by atoms with van der Waals surface area (Å²) < 4.78 is 48.2.